The molecule has 0 amide bonds. The van der Waals surface area contributed by atoms with E-state index in [-0.39, 0.29) is 6.04 Å². The molecular weight excluding hydrogens is 190 g/mol. The summed E-state index contributed by atoms with van der Waals surface area (Å²) in [4.78, 5) is 0. The molecule has 3 heteroatoms. The summed E-state index contributed by atoms with van der Waals surface area (Å²) in [6.07, 6.45) is 1.87. The van der Waals surface area contributed by atoms with Crippen LogP contribution in [0.5, 0.6) is 5.75 Å². The van der Waals surface area contributed by atoms with E-state index in [1.165, 1.54) is 0 Å². The Morgan fingerprint density at radius 1 is 1.47 bits per heavy atom. The number of hydrogen-bond acceptors (Lipinski definition) is 3. The molecule has 1 aliphatic rings. The SMILES string of the molecule is COc1ccccc1N[C@H]1CC[C@]1(C)O. The van der Waals surface area contributed by atoms with Gasteiger partial charge in [-0.05, 0) is 31.9 Å². The van der Waals surface area contributed by atoms with Gasteiger partial charge in [-0.2, -0.15) is 0 Å². The molecule has 0 aromatic heterocycles. The van der Waals surface area contributed by atoms with Gasteiger partial charge in [0.1, 0.15) is 5.75 Å². The number of nitrogens with one attached hydrogen (secondary N) is 1. The summed E-state index contributed by atoms with van der Waals surface area (Å²) < 4.78 is 5.24. The minimum Gasteiger partial charge on any atom is -0.495 e. The molecule has 0 heterocycles. The number of methoxy groups -OCH3 is 1. The third-order valence-electron chi connectivity index (χ3n) is 3.13. The second-order valence-electron chi connectivity index (χ2n) is 4.29. The highest BCUT2D eigenvalue weighted by Gasteiger charge is 2.41. The lowest BCUT2D eigenvalue weighted by molar-refractivity contribution is -0.0286. The van der Waals surface area contributed by atoms with Crippen molar-refractivity contribution in [2.24, 2.45) is 0 Å². The fraction of sp³-hybridized carbons (Fsp3) is 0.500. The monoisotopic (exact) mass is 207 g/mol. The lowest BCUT2D eigenvalue weighted by atomic mass is 9.76. The third-order valence-corrected chi connectivity index (χ3v) is 3.13. The summed E-state index contributed by atoms with van der Waals surface area (Å²) in [5.41, 5.74) is 0.367. The van der Waals surface area contributed by atoms with E-state index in [4.69, 9.17) is 4.74 Å². The van der Waals surface area contributed by atoms with Crippen LogP contribution in [0.25, 0.3) is 0 Å². The van der Waals surface area contributed by atoms with Gasteiger partial charge < -0.3 is 15.2 Å². The zero-order chi connectivity index (χ0) is 10.9. The first kappa shape index (κ1) is 10.3. The Bertz CT molecular complexity index is 349. The molecule has 2 N–H and O–H groups in total. The molecule has 2 rings (SSSR count). The smallest absolute Gasteiger partial charge is 0.141 e. The van der Waals surface area contributed by atoms with Crippen molar-refractivity contribution in [3.63, 3.8) is 0 Å². The number of hydrogen-bond donors (Lipinski definition) is 2. The van der Waals surface area contributed by atoms with Gasteiger partial charge in [0.25, 0.3) is 0 Å². The molecular formula is C12H17NO2. The standard InChI is InChI=1S/C12H17NO2/c1-12(14)8-7-11(12)13-9-5-3-4-6-10(9)15-2/h3-6,11,13-14H,7-8H2,1-2H3/t11-,12-/m0/s1. The van der Waals surface area contributed by atoms with Gasteiger partial charge in [0, 0.05) is 0 Å². The molecule has 0 bridgehead atoms. The highest BCUT2D eigenvalue weighted by molar-refractivity contribution is 5.57. The van der Waals surface area contributed by atoms with E-state index in [9.17, 15) is 5.11 Å². The van der Waals surface area contributed by atoms with Crippen molar-refractivity contribution < 1.29 is 9.84 Å². The molecule has 1 saturated carbocycles. The first-order valence-corrected chi connectivity index (χ1v) is 5.25. The lowest BCUT2D eigenvalue weighted by Gasteiger charge is -2.43. The molecule has 1 aromatic carbocycles. The maximum absolute atomic E-state index is 9.89. The predicted molar refractivity (Wildman–Crippen MR) is 60.3 cm³/mol. The van der Waals surface area contributed by atoms with Gasteiger partial charge in [-0.15, -0.1) is 0 Å². The highest BCUT2D eigenvalue weighted by Crippen LogP contribution is 2.36. The molecule has 1 aromatic rings. The van der Waals surface area contributed by atoms with Gasteiger partial charge in [-0.3, -0.25) is 0 Å². The van der Waals surface area contributed by atoms with Crippen molar-refractivity contribution in [1.82, 2.24) is 0 Å². The minimum atomic E-state index is -0.582. The quantitative estimate of drug-likeness (QED) is 0.796. The van der Waals surface area contributed by atoms with Gasteiger partial charge in [0.2, 0.25) is 0 Å². The Morgan fingerprint density at radius 3 is 2.73 bits per heavy atom. The summed E-state index contributed by atoms with van der Waals surface area (Å²) in [7, 11) is 1.65. The largest absolute Gasteiger partial charge is 0.495 e. The molecule has 0 radical (unpaired) electrons. The highest BCUT2D eigenvalue weighted by atomic mass is 16.5. The average Bonchev–Trinajstić information content (AvgIpc) is 2.25. The fourth-order valence-electron chi connectivity index (χ4n) is 1.89. The Morgan fingerprint density at radius 2 is 2.20 bits per heavy atom. The van der Waals surface area contributed by atoms with E-state index >= 15 is 0 Å². The van der Waals surface area contributed by atoms with Crippen LogP contribution in [0, 0.1) is 0 Å². The maximum atomic E-state index is 9.89. The van der Waals surface area contributed by atoms with Crippen LogP contribution in [0.1, 0.15) is 19.8 Å². The summed E-state index contributed by atoms with van der Waals surface area (Å²) >= 11 is 0. The van der Waals surface area contributed by atoms with Crippen LogP contribution in [-0.4, -0.2) is 23.9 Å². The normalized spacial score (nSPS) is 29.4. The summed E-state index contributed by atoms with van der Waals surface area (Å²) in [5, 5.41) is 13.2. The second kappa shape index (κ2) is 3.74. The molecule has 0 saturated heterocycles. The average molecular weight is 207 g/mol. The summed E-state index contributed by atoms with van der Waals surface area (Å²) in [6, 6.07) is 7.90. The molecule has 1 aliphatic carbocycles. The second-order valence-corrected chi connectivity index (χ2v) is 4.29. The van der Waals surface area contributed by atoms with Gasteiger partial charge in [0.15, 0.2) is 0 Å². The van der Waals surface area contributed by atoms with E-state index in [1.807, 2.05) is 31.2 Å². The Hall–Kier alpha value is -1.22. The zero-order valence-electron chi connectivity index (χ0n) is 9.16. The summed E-state index contributed by atoms with van der Waals surface area (Å²) in [5.74, 6) is 0.820. The number of aliphatic hydroxyl groups is 1. The molecule has 2 atom stereocenters. The molecule has 0 unspecified atom stereocenters. The van der Waals surface area contributed by atoms with Gasteiger partial charge in [-0.1, -0.05) is 12.1 Å². The molecule has 1 fully saturated rings. The van der Waals surface area contributed by atoms with E-state index in [0.717, 1.165) is 24.3 Å². The maximum Gasteiger partial charge on any atom is 0.141 e. The number of anilines is 1. The van der Waals surface area contributed by atoms with Crippen molar-refractivity contribution in [3.8, 4) is 5.75 Å². The van der Waals surface area contributed by atoms with Crippen LogP contribution in [0.3, 0.4) is 0 Å². The Kier molecular flexibility index (Phi) is 2.57. The topological polar surface area (TPSA) is 41.5 Å². The molecule has 82 valence electrons. The van der Waals surface area contributed by atoms with Crippen LogP contribution in [0.15, 0.2) is 24.3 Å². The van der Waals surface area contributed by atoms with Crippen molar-refractivity contribution in [1.29, 1.82) is 0 Å². The van der Waals surface area contributed by atoms with E-state index in [0.29, 0.717) is 0 Å². The van der Waals surface area contributed by atoms with Crippen molar-refractivity contribution in [2.45, 2.75) is 31.4 Å². The number of rotatable bonds is 3. The van der Waals surface area contributed by atoms with E-state index in [1.54, 1.807) is 7.11 Å². The van der Waals surface area contributed by atoms with Crippen molar-refractivity contribution >= 4 is 5.69 Å². The minimum absolute atomic E-state index is 0.133. The Labute approximate surface area is 90.1 Å². The summed E-state index contributed by atoms with van der Waals surface area (Å²) in [6.45, 7) is 1.86. The van der Waals surface area contributed by atoms with Gasteiger partial charge in [0.05, 0.1) is 24.4 Å². The van der Waals surface area contributed by atoms with Crippen LogP contribution in [0.2, 0.25) is 0 Å². The number of ether oxygens (including phenoxy) is 1. The lowest BCUT2D eigenvalue weighted by Crippen LogP contribution is -2.53. The van der Waals surface area contributed by atoms with Crippen LogP contribution in [0.4, 0.5) is 5.69 Å². The molecule has 0 aliphatic heterocycles. The Balaban J connectivity index is 2.11. The van der Waals surface area contributed by atoms with Gasteiger partial charge in [-0.25, -0.2) is 0 Å². The number of benzene rings is 1. The molecule has 15 heavy (non-hydrogen) atoms. The predicted octanol–water partition coefficient (Wildman–Crippen LogP) is 2.02. The molecule has 3 nitrogen and oxygen atoms in total. The van der Waals surface area contributed by atoms with Crippen LogP contribution < -0.4 is 10.1 Å². The van der Waals surface area contributed by atoms with Crippen LogP contribution >= 0.6 is 0 Å². The van der Waals surface area contributed by atoms with E-state index < -0.39 is 5.60 Å². The third kappa shape index (κ3) is 1.92. The van der Waals surface area contributed by atoms with Gasteiger partial charge >= 0.3 is 0 Å². The first-order chi connectivity index (χ1) is 7.13. The fourth-order valence-corrected chi connectivity index (χ4v) is 1.89. The van der Waals surface area contributed by atoms with Crippen molar-refractivity contribution in [3.05, 3.63) is 24.3 Å². The van der Waals surface area contributed by atoms with E-state index in [2.05, 4.69) is 5.32 Å². The first-order valence-electron chi connectivity index (χ1n) is 5.25. The zero-order valence-corrected chi connectivity index (χ0v) is 9.16. The van der Waals surface area contributed by atoms with Crippen molar-refractivity contribution in [2.75, 3.05) is 12.4 Å². The molecule has 0 spiro atoms. The van der Waals surface area contributed by atoms with Crippen LogP contribution in [-0.2, 0) is 0 Å². The number of para-hydroxylation sites is 2.